The van der Waals surface area contributed by atoms with Crippen LogP contribution >= 0.6 is 35.7 Å². The lowest BCUT2D eigenvalue weighted by molar-refractivity contribution is 0.230. The normalized spacial score (nSPS) is 18.9. The van der Waals surface area contributed by atoms with Crippen LogP contribution in [0.4, 0.5) is 0 Å². The van der Waals surface area contributed by atoms with Gasteiger partial charge in [0.15, 0.2) is 5.96 Å². The molecule has 0 radical (unpaired) electrons. The van der Waals surface area contributed by atoms with Gasteiger partial charge in [-0.05, 0) is 44.6 Å². The highest BCUT2D eigenvalue weighted by Crippen LogP contribution is 2.25. The number of aliphatic imine (C=N–C) groups is 1. The quantitative estimate of drug-likeness (QED) is 0.380. The maximum absolute atomic E-state index is 5.85. The van der Waals surface area contributed by atoms with Crippen molar-refractivity contribution in [1.29, 1.82) is 0 Å². The number of rotatable bonds is 7. The molecule has 2 unspecified atom stereocenters. The summed E-state index contributed by atoms with van der Waals surface area (Å²) in [5, 5.41) is 7.47. The van der Waals surface area contributed by atoms with Crippen LogP contribution in [0, 0.1) is 0 Å². The molecule has 0 spiro atoms. The fourth-order valence-electron chi connectivity index (χ4n) is 2.35. The van der Waals surface area contributed by atoms with Gasteiger partial charge in [-0.3, -0.25) is 0 Å². The predicted molar refractivity (Wildman–Crippen MR) is 111 cm³/mol. The first-order valence-corrected chi connectivity index (χ1v) is 9.18. The molecule has 1 aromatic carbocycles. The predicted octanol–water partition coefficient (Wildman–Crippen LogP) is 3.52. The van der Waals surface area contributed by atoms with E-state index in [1.165, 1.54) is 18.6 Å². The van der Waals surface area contributed by atoms with Crippen LogP contribution in [0.1, 0.15) is 26.7 Å². The van der Waals surface area contributed by atoms with Crippen molar-refractivity contribution < 1.29 is 4.74 Å². The number of guanidine groups is 1. The van der Waals surface area contributed by atoms with E-state index >= 15 is 0 Å². The highest BCUT2D eigenvalue weighted by atomic mass is 127. The summed E-state index contributed by atoms with van der Waals surface area (Å²) in [6, 6.07) is 9.90. The van der Waals surface area contributed by atoms with Crippen LogP contribution in [0.3, 0.4) is 0 Å². The summed E-state index contributed by atoms with van der Waals surface area (Å²) in [5.41, 5.74) is 0. The standard InChI is InChI=1S/C17H27N3OS.HI/c1-3-18-17(20-13-16-10-7-11-22-16)19-12-14(2)21-15-8-5-4-6-9-15;/h4-6,8-9,14,16H,3,7,10-13H2,1-2H3,(H2,18,19,20);1H. The smallest absolute Gasteiger partial charge is 0.191 e. The zero-order chi connectivity index (χ0) is 15.6. The molecule has 1 aliphatic rings. The van der Waals surface area contributed by atoms with Crippen LogP contribution in [0.5, 0.6) is 5.75 Å². The van der Waals surface area contributed by atoms with Gasteiger partial charge in [-0.1, -0.05) is 18.2 Å². The molecular weight excluding hydrogens is 421 g/mol. The van der Waals surface area contributed by atoms with Crippen LogP contribution in [-0.2, 0) is 0 Å². The number of benzene rings is 1. The Morgan fingerprint density at radius 3 is 2.78 bits per heavy atom. The van der Waals surface area contributed by atoms with Gasteiger partial charge in [-0.25, -0.2) is 4.99 Å². The summed E-state index contributed by atoms with van der Waals surface area (Å²) in [5.74, 6) is 3.08. The third kappa shape index (κ3) is 8.15. The average molecular weight is 449 g/mol. The van der Waals surface area contributed by atoms with Crippen molar-refractivity contribution >= 4 is 41.7 Å². The Morgan fingerprint density at radius 2 is 2.13 bits per heavy atom. The number of hydrogen-bond donors (Lipinski definition) is 2. The molecule has 6 heteroatoms. The summed E-state index contributed by atoms with van der Waals surface area (Å²) < 4.78 is 5.85. The third-order valence-electron chi connectivity index (χ3n) is 3.45. The molecule has 4 nitrogen and oxygen atoms in total. The molecular formula is C17H28IN3OS. The number of para-hydroxylation sites is 1. The molecule has 2 atom stereocenters. The van der Waals surface area contributed by atoms with Crippen molar-refractivity contribution in [2.24, 2.45) is 4.99 Å². The first-order chi connectivity index (χ1) is 10.8. The van der Waals surface area contributed by atoms with Crippen LogP contribution < -0.4 is 15.4 Å². The zero-order valence-corrected chi connectivity index (χ0v) is 17.1. The fourth-order valence-corrected chi connectivity index (χ4v) is 3.55. The van der Waals surface area contributed by atoms with Gasteiger partial charge in [0, 0.05) is 18.3 Å². The first-order valence-electron chi connectivity index (χ1n) is 8.13. The van der Waals surface area contributed by atoms with E-state index in [9.17, 15) is 0 Å². The van der Waals surface area contributed by atoms with Crippen LogP contribution in [0.15, 0.2) is 35.3 Å². The van der Waals surface area contributed by atoms with E-state index in [1.54, 1.807) is 0 Å². The van der Waals surface area contributed by atoms with Gasteiger partial charge in [0.05, 0.1) is 6.54 Å². The minimum absolute atomic E-state index is 0. The second-order valence-electron chi connectivity index (χ2n) is 5.48. The maximum Gasteiger partial charge on any atom is 0.191 e. The molecule has 1 fully saturated rings. The topological polar surface area (TPSA) is 45.7 Å². The molecule has 0 saturated carbocycles. The summed E-state index contributed by atoms with van der Waals surface area (Å²) in [4.78, 5) is 4.63. The second kappa shape index (κ2) is 11.8. The summed E-state index contributed by atoms with van der Waals surface area (Å²) in [7, 11) is 0. The molecule has 23 heavy (non-hydrogen) atoms. The Kier molecular flexibility index (Phi) is 10.5. The number of hydrogen-bond acceptors (Lipinski definition) is 3. The molecule has 0 aliphatic carbocycles. The molecule has 0 amide bonds. The monoisotopic (exact) mass is 449 g/mol. The molecule has 2 rings (SSSR count). The molecule has 1 aliphatic heterocycles. The number of thioether (sulfide) groups is 1. The van der Waals surface area contributed by atoms with Crippen molar-refractivity contribution in [3.05, 3.63) is 30.3 Å². The van der Waals surface area contributed by atoms with Gasteiger partial charge in [0.25, 0.3) is 0 Å². The Labute approximate surface area is 161 Å². The Balaban J connectivity index is 0.00000264. The lowest BCUT2D eigenvalue weighted by atomic mass is 10.2. The van der Waals surface area contributed by atoms with Crippen molar-refractivity contribution in [2.75, 3.05) is 25.4 Å². The minimum Gasteiger partial charge on any atom is -0.489 e. The molecule has 0 aromatic heterocycles. The van der Waals surface area contributed by atoms with Gasteiger partial charge >= 0.3 is 0 Å². The summed E-state index contributed by atoms with van der Waals surface area (Å²) in [6.07, 6.45) is 2.70. The van der Waals surface area contributed by atoms with Gasteiger partial charge < -0.3 is 15.4 Å². The van der Waals surface area contributed by atoms with Gasteiger partial charge in [-0.15, -0.1) is 24.0 Å². The maximum atomic E-state index is 5.85. The van der Waals surface area contributed by atoms with E-state index in [-0.39, 0.29) is 30.1 Å². The minimum atomic E-state index is 0. The molecule has 1 saturated heterocycles. The molecule has 0 bridgehead atoms. The second-order valence-corrected chi connectivity index (χ2v) is 6.89. The van der Waals surface area contributed by atoms with E-state index in [1.807, 2.05) is 37.3 Å². The van der Waals surface area contributed by atoms with Crippen LogP contribution in [0.25, 0.3) is 0 Å². The van der Waals surface area contributed by atoms with E-state index in [0.717, 1.165) is 30.0 Å². The Hall–Kier alpha value is -0.630. The van der Waals surface area contributed by atoms with Crippen molar-refractivity contribution in [3.63, 3.8) is 0 Å². The molecule has 130 valence electrons. The summed E-state index contributed by atoms with van der Waals surface area (Å²) >= 11 is 2.06. The van der Waals surface area contributed by atoms with E-state index in [0.29, 0.717) is 6.54 Å². The van der Waals surface area contributed by atoms with Crippen LogP contribution in [0.2, 0.25) is 0 Å². The van der Waals surface area contributed by atoms with E-state index < -0.39 is 0 Å². The highest BCUT2D eigenvalue weighted by Gasteiger charge is 2.15. The van der Waals surface area contributed by atoms with Crippen molar-refractivity contribution in [1.82, 2.24) is 10.6 Å². The Morgan fingerprint density at radius 1 is 1.35 bits per heavy atom. The number of nitrogens with one attached hydrogen (secondary N) is 2. The van der Waals surface area contributed by atoms with E-state index in [4.69, 9.17) is 4.74 Å². The number of ether oxygens (including phenoxy) is 1. The number of halogens is 1. The number of nitrogens with zero attached hydrogens (tertiary/aromatic N) is 1. The SMILES string of the molecule is CCNC(=NCC(C)Oc1ccccc1)NCC1CCCS1.I. The van der Waals surface area contributed by atoms with Gasteiger partial charge in [-0.2, -0.15) is 11.8 Å². The average Bonchev–Trinajstić information content (AvgIpc) is 3.04. The molecule has 1 aromatic rings. The van der Waals surface area contributed by atoms with Crippen molar-refractivity contribution in [3.8, 4) is 5.75 Å². The lowest BCUT2D eigenvalue weighted by Crippen LogP contribution is -2.40. The molecule has 1 heterocycles. The third-order valence-corrected chi connectivity index (χ3v) is 4.85. The van der Waals surface area contributed by atoms with Gasteiger partial charge in [0.1, 0.15) is 11.9 Å². The van der Waals surface area contributed by atoms with Crippen LogP contribution in [-0.4, -0.2) is 42.7 Å². The largest absolute Gasteiger partial charge is 0.489 e. The Bertz CT molecular complexity index is 452. The van der Waals surface area contributed by atoms with E-state index in [2.05, 4.69) is 34.3 Å². The lowest BCUT2D eigenvalue weighted by Gasteiger charge is -2.16. The summed E-state index contributed by atoms with van der Waals surface area (Å²) in [6.45, 7) is 6.64. The fraction of sp³-hybridized carbons (Fsp3) is 0.588. The molecule has 2 N–H and O–H groups in total. The first kappa shape index (κ1) is 20.4. The highest BCUT2D eigenvalue weighted by molar-refractivity contribution is 14.0. The van der Waals surface area contributed by atoms with Crippen molar-refractivity contribution in [2.45, 2.75) is 38.0 Å². The van der Waals surface area contributed by atoms with Gasteiger partial charge in [0.2, 0.25) is 0 Å². The zero-order valence-electron chi connectivity index (χ0n) is 14.0.